The number of nitrogens with two attached hydrogens (primary N) is 1. The molecule has 0 fully saturated rings. The Bertz CT molecular complexity index is 981. The van der Waals surface area contributed by atoms with E-state index in [1.807, 2.05) is 24.3 Å². The normalized spacial score (nSPS) is 10.8. The van der Waals surface area contributed by atoms with E-state index in [4.69, 9.17) is 22.5 Å². The maximum absolute atomic E-state index is 5.51. The molecule has 0 saturated heterocycles. The maximum atomic E-state index is 5.51. The molecule has 0 unspecified atom stereocenters. The number of nitrogens with one attached hydrogen (secondary N) is 2. The Morgan fingerprint density at radius 1 is 1.10 bits per heavy atom. The van der Waals surface area contributed by atoms with E-state index in [9.17, 15) is 0 Å². The van der Waals surface area contributed by atoms with E-state index in [1.54, 1.807) is 0 Å². The van der Waals surface area contributed by atoms with Crippen molar-refractivity contribution in [2.24, 2.45) is 5.73 Å². The molecule has 1 heterocycles. The predicted molar refractivity (Wildman–Crippen MR) is 121 cm³/mol. The van der Waals surface area contributed by atoms with Gasteiger partial charge in [0.1, 0.15) is 0 Å². The highest BCUT2D eigenvalue weighted by Gasteiger charge is 2.12. The van der Waals surface area contributed by atoms with Gasteiger partial charge in [-0.2, -0.15) is 4.98 Å². The highest BCUT2D eigenvalue weighted by molar-refractivity contribution is 7.80. The van der Waals surface area contributed by atoms with Crippen molar-refractivity contribution in [3.05, 3.63) is 64.5 Å². The van der Waals surface area contributed by atoms with Gasteiger partial charge in [0.25, 0.3) is 0 Å². The lowest BCUT2D eigenvalue weighted by atomic mass is 10.0. The monoisotopic (exact) mass is 409 g/mol. The van der Waals surface area contributed by atoms with Crippen LogP contribution in [0.15, 0.2) is 40.9 Å². The molecule has 7 heteroatoms. The van der Waals surface area contributed by atoms with Gasteiger partial charge in [0.15, 0.2) is 5.11 Å². The molecule has 4 N–H and O–H groups in total. The molecule has 0 saturated carbocycles. The van der Waals surface area contributed by atoms with Crippen LogP contribution in [0.5, 0.6) is 0 Å². The first-order valence-corrected chi connectivity index (χ1v) is 10.1. The predicted octanol–water partition coefficient (Wildman–Crippen LogP) is 3.89. The fourth-order valence-electron chi connectivity index (χ4n) is 2.98. The molecule has 0 bridgehead atoms. The molecule has 2 aromatic carbocycles. The lowest BCUT2D eigenvalue weighted by molar-refractivity contribution is 0.385. The molecule has 152 valence electrons. The average Bonchev–Trinajstić information content (AvgIpc) is 3.15. The maximum Gasteiger partial charge on any atom is 0.231 e. The zero-order chi connectivity index (χ0) is 20.8. The van der Waals surface area contributed by atoms with E-state index in [0.29, 0.717) is 29.8 Å². The summed E-state index contributed by atoms with van der Waals surface area (Å²) in [5, 5.41) is 11.2. The van der Waals surface area contributed by atoms with Gasteiger partial charge in [-0.15, -0.1) is 0 Å². The largest absolute Gasteiger partial charge is 0.362 e. The van der Waals surface area contributed by atoms with Crippen molar-refractivity contribution in [2.45, 2.75) is 33.6 Å². The number of aromatic nitrogens is 2. The molecule has 3 rings (SSSR count). The summed E-state index contributed by atoms with van der Waals surface area (Å²) < 4.78 is 5.48. The van der Waals surface area contributed by atoms with Gasteiger partial charge in [0, 0.05) is 17.8 Å². The Labute approximate surface area is 176 Å². The van der Waals surface area contributed by atoms with Crippen molar-refractivity contribution in [1.29, 1.82) is 0 Å². The van der Waals surface area contributed by atoms with E-state index in [2.05, 4.69) is 53.7 Å². The summed E-state index contributed by atoms with van der Waals surface area (Å²) >= 11 is 5.35. The van der Waals surface area contributed by atoms with Crippen molar-refractivity contribution < 1.29 is 4.52 Å². The summed E-state index contributed by atoms with van der Waals surface area (Å²) in [4.78, 5) is 4.55. The van der Waals surface area contributed by atoms with Crippen LogP contribution in [-0.2, 0) is 6.42 Å². The van der Waals surface area contributed by atoms with Gasteiger partial charge in [-0.25, -0.2) is 0 Å². The molecular weight excluding hydrogens is 382 g/mol. The third-order valence-corrected chi connectivity index (χ3v) is 4.96. The lowest BCUT2D eigenvalue weighted by Gasteiger charge is -2.15. The number of hydrogen-bond donors (Lipinski definition) is 3. The molecule has 0 aliphatic heterocycles. The summed E-state index contributed by atoms with van der Waals surface area (Å²) in [6.07, 6.45) is 1.47. The fourth-order valence-corrected chi connectivity index (χ4v) is 3.19. The minimum absolute atomic E-state index is 0.588. The van der Waals surface area contributed by atoms with Crippen LogP contribution < -0.4 is 16.4 Å². The van der Waals surface area contributed by atoms with Gasteiger partial charge in [-0.1, -0.05) is 41.1 Å². The summed E-state index contributed by atoms with van der Waals surface area (Å²) in [7, 11) is 0. The van der Waals surface area contributed by atoms with Crippen molar-refractivity contribution >= 4 is 23.0 Å². The van der Waals surface area contributed by atoms with E-state index >= 15 is 0 Å². The topological polar surface area (TPSA) is 89.0 Å². The van der Waals surface area contributed by atoms with Gasteiger partial charge in [0.2, 0.25) is 11.7 Å². The van der Waals surface area contributed by atoms with Crippen molar-refractivity contribution in [3.63, 3.8) is 0 Å². The molecule has 0 radical (unpaired) electrons. The standard InChI is InChI=1S/C22H27N5OS/c1-14-5-7-17(8-6-14)21-26-20(28-27-21)13-18-11-16(3)19(12-15(18)2)25-22(29)24-10-4-9-23/h5-8,11-12H,4,9-10,13,23H2,1-3H3,(H2,24,25,29). The van der Waals surface area contributed by atoms with Crippen LogP contribution in [0.1, 0.15) is 34.6 Å². The average molecular weight is 410 g/mol. The number of hydrogen-bond acceptors (Lipinski definition) is 5. The molecule has 0 atom stereocenters. The molecule has 3 aromatic rings. The van der Waals surface area contributed by atoms with Crippen LogP contribution in [0, 0.1) is 20.8 Å². The minimum Gasteiger partial charge on any atom is -0.362 e. The Kier molecular flexibility index (Phi) is 6.95. The number of nitrogens with zero attached hydrogens (tertiary/aromatic N) is 2. The van der Waals surface area contributed by atoms with Crippen molar-refractivity contribution in [2.75, 3.05) is 18.4 Å². The third kappa shape index (κ3) is 5.62. The molecule has 29 heavy (non-hydrogen) atoms. The van der Waals surface area contributed by atoms with Crippen LogP contribution in [0.2, 0.25) is 0 Å². The zero-order valence-corrected chi connectivity index (χ0v) is 17.9. The lowest BCUT2D eigenvalue weighted by Crippen LogP contribution is -2.30. The molecule has 0 aliphatic rings. The first-order chi connectivity index (χ1) is 14.0. The summed E-state index contributed by atoms with van der Waals surface area (Å²) in [6, 6.07) is 12.3. The zero-order valence-electron chi connectivity index (χ0n) is 17.1. The van der Waals surface area contributed by atoms with E-state index in [0.717, 1.165) is 40.9 Å². The van der Waals surface area contributed by atoms with Crippen LogP contribution >= 0.6 is 12.2 Å². The molecule has 0 aliphatic carbocycles. The van der Waals surface area contributed by atoms with Crippen molar-refractivity contribution in [3.8, 4) is 11.4 Å². The fraction of sp³-hybridized carbons (Fsp3) is 0.318. The summed E-state index contributed by atoms with van der Waals surface area (Å²) in [6.45, 7) is 7.59. The van der Waals surface area contributed by atoms with E-state index in [1.165, 1.54) is 5.56 Å². The van der Waals surface area contributed by atoms with E-state index in [-0.39, 0.29) is 0 Å². The van der Waals surface area contributed by atoms with Gasteiger partial charge in [0.05, 0.1) is 6.42 Å². The first-order valence-electron chi connectivity index (χ1n) is 9.71. The number of thiocarbonyl (C=S) groups is 1. The molecular formula is C22H27N5OS. The minimum atomic E-state index is 0.588. The highest BCUT2D eigenvalue weighted by atomic mass is 32.1. The van der Waals surface area contributed by atoms with Gasteiger partial charge < -0.3 is 20.9 Å². The van der Waals surface area contributed by atoms with Gasteiger partial charge >= 0.3 is 0 Å². The molecule has 6 nitrogen and oxygen atoms in total. The van der Waals surface area contributed by atoms with Crippen LogP contribution in [-0.4, -0.2) is 28.3 Å². The van der Waals surface area contributed by atoms with Gasteiger partial charge in [-0.05, 0) is 68.7 Å². The smallest absolute Gasteiger partial charge is 0.231 e. The van der Waals surface area contributed by atoms with Crippen LogP contribution in [0.25, 0.3) is 11.4 Å². The Morgan fingerprint density at radius 2 is 1.86 bits per heavy atom. The molecule has 0 spiro atoms. The van der Waals surface area contributed by atoms with Crippen molar-refractivity contribution in [1.82, 2.24) is 15.5 Å². The first kappa shape index (κ1) is 21.0. The number of benzene rings is 2. The van der Waals surface area contributed by atoms with Crippen LogP contribution in [0.3, 0.4) is 0 Å². The molecule has 1 aromatic heterocycles. The summed E-state index contributed by atoms with van der Waals surface area (Å²) in [5.74, 6) is 1.21. The van der Waals surface area contributed by atoms with E-state index < -0.39 is 0 Å². The second kappa shape index (κ2) is 9.62. The highest BCUT2D eigenvalue weighted by Crippen LogP contribution is 2.24. The SMILES string of the molecule is Cc1ccc(-c2noc(Cc3cc(C)c(NC(=S)NCCCN)cc3C)n2)cc1. The molecule has 0 amide bonds. The number of anilines is 1. The second-order valence-corrected chi connectivity index (χ2v) is 7.58. The third-order valence-electron chi connectivity index (χ3n) is 4.72. The van der Waals surface area contributed by atoms with Gasteiger partial charge in [-0.3, -0.25) is 0 Å². The second-order valence-electron chi connectivity index (χ2n) is 7.17. The quantitative estimate of drug-likeness (QED) is 0.403. The Balaban J connectivity index is 1.69. The number of rotatable bonds is 7. The van der Waals surface area contributed by atoms with Crippen LogP contribution in [0.4, 0.5) is 5.69 Å². The summed E-state index contributed by atoms with van der Waals surface area (Å²) in [5.41, 5.74) is 12.0. The number of aryl methyl sites for hydroxylation is 3. The Morgan fingerprint density at radius 3 is 2.59 bits per heavy atom. The Hall–Kier alpha value is -2.77.